The maximum atomic E-state index is 12.9. The molecule has 1 aliphatic carbocycles. The SMILES string of the molecule is O=c1c2nnn(C3CCCC3)c2nc2n1CCN(Cc1ccc(Cl)cc1)C2. The molecule has 27 heavy (non-hydrogen) atoms. The smallest absolute Gasteiger partial charge is 0.283 e. The van der Waals surface area contributed by atoms with E-state index in [9.17, 15) is 4.79 Å². The van der Waals surface area contributed by atoms with Crippen LogP contribution in [-0.2, 0) is 19.6 Å². The molecule has 1 saturated carbocycles. The summed E-state index contributed by atoms with van der Waals surface area (Å²) < 4.78 is 3.64. The van der Waals surface area contributed by atoms with Gasteiger partial charge in [0, 0.05) is 24.7 Å². The average Bonchev–Trinajstić information content (AvgIpc) is 3.33. The summed E-state index contributed by atoms with van der Waals surface area (Å²) >= 11 is 5.98. The Morgan fingerprint density at radius 1 is 1.11 bits per heavy atom. The fourth-order valence-electron chi connectivity index (χ4n) is 4.21. The van der Waals surface area contributed by atoms with Gasteiger partial charge in [0.2, 0.25) is 0 Å². The standard InChI is InChI=1S/C19H21ClN6O/c20-14-7-5-13(6-8-14)11-24-9-10-25-16(12-24)21-18-17(19(25)27)22-23-26(18)15-3-1-2-4-15/h5-8,15H,1-4,9-12H2. The van der Waals surface area contributed by atoms with Crippen molar-refractivity contribution in [2.45, 2.75) is 51.4 Å². The van der Waals surface area contributed by atoms with Gasteiger partial charge in [-0.15, -0.1) is 5.10 Å². The van der Waals surface area contributed by atoms with Gasteiger partial charge in [0.25, 0.3) is 5.56 Å². The molecular formula is C19H21ClN6O. The zero-order chi connectivity index (χ0) is 18.4. The number of rotatable bonds is 3. The molecule has 3 aromatic rings. The van der Waals surface area contributed by atoms with Crippen LogP contribution in [0.15, 0.2) is 29.1 Å². The average molecular weight is 385 g/mol. The molecule has 0 spiro atoms. The quantitative estimate of drug-likeness (QED) is 0.694. The first-order chi connectivity index (χ1) is 13.2. The molecule has 0 amide bonds. The van der Waals surface area contributed by atoms with E-state index in [-0.39, 0.29) is 5.56 Å². The van der Waals surface area contributed by atoms with Crippen molar-refractivity contribution >= 4 is 22.8 Å². The van der Waals surface area contributed by atoms with Crippen molar-refractivity contribution < 1.29 is 0 Å². The molecule has 7 nitrogen and oxygen atoms in total. The number of halogens is 1. The second-order valence-corrected chi connectivity index (χ2v) is 7.90. The van der Waals surface area contributed by atoms with Gasteiger partial charge in [-0.3, -0.25) is 14.3 Å². The first-order valence-electron chi connectivity index (χ1n) is 9.50. The summed E-state index contributed by atoms with van der Waals surface area (Å²) in [4.78, 5) is 20.0. The third-order valence-electron chi connectivity index (χ3n) is 5.66. The lowest BCUT2D eigenvalue weighted by Crippen LogP contribution is -2.39. The maximum Gasteiger partial charge on any atom is 0.283 e. The molecule has 1 fully saturated rings. The van der Waals surface area contributed by atoms with Gasteiger partial charge in [-0.1, -0.05) is 41.8 Å². The zero-order valence-electron chi connectivity index (χ0n) is 15.0. The molecule has 140 valence electrons. The van der Waals surface area contributed by atoms with Crippen LogP contribution < -0.4 is 5.56 Å². The van der Waals surface area contributed by atoms with E-state index in [0.717, 1.165) is 36.8 Å². The normalized spacial score (nSPS) is 18.3. The Bertz CT molecular complexity index is 1030. The summed E-state index contributed by atoms with van der Waals surface area (Å²) in [7, 11) is 0. The predicted molar refractivity (Wildman–Crippen MR) is 103 cm³/mol. The molecule has 3 heterocycles. The van der Waals surface area contributed by atoms with Gasteiger partial charge in [0.15, 0.2) is 11.2 Å². The lowest BCUT2D eigenvalue weighted by Gasteiger charge is -2.29. The minimum Gasteiger partial charge on any atom is -0.292 e. The van der Waals surface area contributed by atoms with E-state index in [1.54, 1.807) is 4.57 Å². The molecular weight excluding hydrogens is 364 g/mol. The highest BCUT2D eigenvalue weighted by atomic mass is 35.5. The van der Waals surface area contributed by atoms with Crippen molar-refractivity contribution in [3.63, 3.8) is 0 Å². The molecule has 0 N–H and O–H groups in total. The molecule has 0 bridgehead atoms. The maximum absolute atomic E-state index is 12.9. The van der Waals surface area contributed by atoms with E-state index < -0.39 is 0 Å². The minimum absolute atomic E-state index is 0.0645. The molecule has 1 aromatic carbocycles. The van der Waals surface area contributed by atoms with Crippen LogP contribution in [-0.4, -0.2) is 36.0 Å². The Kier molecular flexibility index (Phi) is 4.21. The predicted octanol–water partition coefficient (Wildman–Crippen LogP) is 2.77. The van der Waals surface area contributed by atoms with E-state index in [2.05, 4.69) is 15.2 Å². The van der Waals surface area contributed by atoms with Crippen molar-refractivity contribution in [2.24, 2.45) is 0 Å². The minimum atomic E-state index is -0.0645. The summed E-state index contributed by atoms with van der Waals surface area (Å²) in [5.41, 5.74) is 2.18. The van der Waals surface area contributed by atoms with Gasteiger partial charge in [0.05, 0.1) is 12.6 Å². The van der Waals surface area contributed by atoms with Gasteiger partial charge in [0.1, 0.15) is 5.82 Å². The number of hydrogen-bond donors (Lipinski definition) is 0. The Morgan fingerprint density at radius 2 is 1.89 bits per heavy atom. The van der Waals surface area contributed by atoms with Crippen molar-refractivity contribution in [3.05, 3.63) is 51.0 Å². The number of aromatic nitrogens is 5. The van der Waals surface area contributed by atoms with Crippen molar-refractivity contribution in [1.29, 1.82) is 0 Å². The number of fused-ring (bicyclic) bond motifs is 2. The van der Waals surface area contributed by atoms with Crippen LogP contribution in [0.25, 0.3) is 11.2 Å². The van der Waals surface area contributed by atoms with Crippen LogP contribution in [0, 0.1) is 0 Å². The summed E-state index contributed by atoms with van der Waals surface area (Å²) in [6.45, 7) is 2.88. The van der Waals surface area contributed by atoms with Crippen molar-refractivity contribution in [3.8, 4) is 0 Å². The number of hydrogen-bond acceptors (Lipinski definition) is 5. The Balaban J connectivity index is 1.47. The first-order valence-corrected chi connectivity index (χ1v) is 9.88. The van der Waals surface area contributed by atoms with Crippen LogP contribution in [0.2, 0.25) is 5.02 Å². The third-order valence-corrected chi connectivity index (χ3v) is 5.91. The van der Waals surface area contributed by atoms with Crippen LogP contribution in [0.3, 0.4) is 0 Å². The molecule has 2 aromatic heterocycles. The molecule has 5 rings (SSSR count). The van der Waals surface area contributed by atoms with E-state index in [1.165, 1.54) is 18.4 Å². The monoisotopic (exact) mass is 384 g/mol. The van der Waals surface area contributed by atoms with Crippen molar-refractivity contribution in [2.75, 3.05) is 6.54 Å². The molecule has 0 saturated heterocycles. The van der Waals surface area contributed by atoms with E-state index in [1.807, 2.05) is 28.9 Å². The van der Waals surface area contributed by atoms with E-state index in [4.69, 9.17) is 16.6 Å². The molecule has 8 heteroatoms. The molecule has 2 aliphatic rings. The second kappa shape index (κ2) is 6.73. The topological polar surface area (TPSA) is 68.8 Å². The fourth-order valence-corrected chi connectivity index (χ4v) is 4.33. The Morgan fingerprint density at radius 3 is 2.67 bits per heavy atom. The highest BCUT2D eigenvalue weighted by Crippen LogP contribution is 2.30. The summed E-state index contributed by atoms with van der Waals surface area (Å²) in [5.74, 6) is 0.800. The lowest BCUT2D eigenvalue weighted by atomic mass is 10.2. The molecule has 0 unspecified atom stereocenters. The third kappa shape index (κ3) is 3.04. The largest absolute Gasteiger partial charge is 0.292 e. The van der Waals surface area contributed by atoms with Gasteiger partial charge in [-0.2, -0.15) is 0 Å². The first kappa shape index (κ1) is 16.9. The second-order valence-electron chi connectivity index (χ2n) is 7.47. The highest BCUT2D eigenvalue weighted by Gasteiger charge is 2.26. The zero-order valence-corrected chi connectivity index (χ0v) is 15.8. The van der Waals surface area contributed by atoms with E-state index in [0.29, 0.717) is 30.3 Å². The molecule has 0 atom stereocenters. The van der Waals surface area contributed by atoms with Crippen LogP contribution in [0.4, 0.5) is 0 Å². The van der Waals surface area contributed by atoms with Crippen molar-refractivity contribution in [1.82, 2.24) is 29.4 Å². The summed E-state index contributed by atoms with van der Waals surface area (Å²) in [6.07, 6.45) is 4.57. The molecule has 0 radical (unpaired) electrons. The van der Waals surface area contributed by atoms with Gasteiger partial charge < -0.3 is 0 Å². The Hall–Kier alpha value is -2.25. The van der Waals surface area contributed by atoms with Gasteiger partial charge in [-0.25, -0.2) is 9.67 Å². The van der Waals surface area contributed by atoms with Gasteiger partial charge in [-0.05, 0) is 30.5 Å². The summed E-state index contributed by atoms with van der Waals surface area (Å²) in [5, 5.41) is 9.17. The highest BCUT2D eigenvalue weighted by molar-refractivity contribution is 6.30. The van der Waals surface area contributed by atoms with Crippen LogP contribution in [0.5, 0.6) is 0 Å². The summed E-state index contributed by atoms with van der Waals surface area (Å²) in [6, 6.07) is 8.22. The van der Waals surface area contributed by atoms with Gasteiger partial charge >= 0.3 is 0 Å². The fraction of sp³-hybridized carbons (Fsp3) is 0.474. The number of nitrogens with zero attached hydrogens (tertiary/aromatic N) is 6. The molecule has 1 aliphatic heterocycles. The Labute approximate surface area is 161 Å². The van der Waals surface area contributed by atoms with Crippen LogP contribution >= 0.6 is 11.6 Å². The van der Waals surface area contributed by atoms with E-state index >= 15 is 0 Å². The van der Waals surface area contributed by atoms with Crippen LogP contribution in [0.1, 0.15) is 43.1 Å². The lowest BCUT2D eigenvalue weighted by molar-refractivity contribution is 0.204. The number of benzene rings is 1.